The van der Waals surface area contributed by atoms with Crippen molar-refractivity contribution in [2.24, 2.45) is 0 Å². The second-order valence-corrected chi connectivity index (χ2v) is 3.32. The van der Waals surface area contributed by atoms with E-state index in [0.717, 1.165) is 11.3 Å². The number of anilines is 1. The standard InChI is InChI=1S/C12H11NO/c1-3-8-13-11-7-5-4-6-10(11)9(2)12(13)14/h4-7,9H,1-2H3. The van der Waals surface area contributed by atoms with Crippen LogP contribution in [-0.2, 0) is 4.79 Å². The molecule has 1 aliphatic rings. The smallest absolute Gasteiger partial charge is 0.246 e. The normalized spacial score (nSPS) is 18.9. The highest BCUT2D eigenvalue weighted by Crippen LogP contribution is 2.35. The fourth-order valence-electron chi connectivity index (χ4n) is 1.73. The Balaban J connectivity index is 2.56. The number of fused-ring (bicyclic) bond motifs is 1. The Labute approximate surface area is 83.5 Å². The Bertz CT molecular complexity index is 439. The average molecular weight is 185 g/mol. The molecule has 0 aromatic heterocycles. The summed E-state index contributed by atoms with van der Waals surface area (Å²) in [6.07, 6.45) is 0. The summed E-state index contributed by atoms with van der Waals surface area (Å²) in [6, 6.07) is 10.6. The molecular formula is C12H11NO. The van der Waals surface area contributed by atoms with E-state index in [2.05, 4.69) is 12.0 Å². The Morgan fingerprint density at radius 1 is 1.36 bits per heavy atom. The van der Waals surface area contributed by atoms with Crippen molar-refractivity contribution in [3.8, 4) is 12.0 Å². The van der Waals surface area contributed by atoms with Gasteiger partial charge in [-0.15, -0.1) is 0 Å². The third-order valence-corrected chi connectivity index (χ3v) is 2.46. The molecule has 0 fully saturated rings. The molecule has 0 radical (unpaired) electrons. The van der Waals surface area contributed by atoms with Gasteiger partial charge in [-0.2, -0.15) is 0 Å². The van der Waals surface area contributed by atoms with Gasteiger partial charge in [0.2, 0.25) is 5.91 Å². The molecule has 0 aliphatic carbocycles. The summed E-state index contributed by atoms with van der Waals surface area (Å²) in [6.45, 7) is 3.65. The molecule has 2 rings (SSSR count). The SMILES string of the molecule is CC#CN1C(=O)C(C)c2ccccc21. The molecule has 0 saturated heterocycles. The first kappa shape index (κ1) is 8.83. The van der Waals surface area contributed by atoms with Crippen LogP contribution in [-0.4, -0.2) is 5.91 Å². The molecule has 1 aliphatic heterocycles. The van der Waals surface area contributed by atoms with Gasteiger partial charge in [0.15, 0.2) is 0 Å². The number of carbonyl (C=O) groups is 1. The zero-order valence-corrected chi connectivity index (χ0v) is 8.24. The number of hydrogen-bond acceptors (Lipinski definition) is 1. The summed E-state index contributed by atoms with van der Waals surface area (Å²) >= 11 is 0. The Kier molecular flexibility index (Phi) is 2.01. The topological polar surface area (TPSA) is 20.3 Å². The van der Waals surface area contributed by atoms with Crippen LogP contribution in [0, 0.1) is 12.0 Å². The summed E-state index contributed by atoms with van der Waals surface area (Å²) in [7, 11) is 0. The molecule has 1 aromatic rings. The fraction of sp³-hybridized carbons (Fsp3) is 0.250. The van der Waals surface area contributed by atoms with Crippen LogP contribution in [0.15, 0.2) is 24.3 Å². The van der Waals surface area contributed by atoms with Crippen LogP contribution >= 0.6 is 0 Å². The van der Waals surface area contributed by atoms with E-state index in [1.54, 1.807) is 11.8 Å². The highest BCUT2D eigenvalue weighted by molar-refractivity contribution is 6.07. The summed E-state index contributed by atoms with van der Waals surface area (Å²) in [5.41, 5.74) is 2.00. The van der Waals surface area contributed by atoms with Crippen molar-refractivity contribution in [3.05, 3.63) is 29.8 Å². The molecule has 1 aromatic carbocycles. The Morgan fingerprint density at radius 2 is 2.07 bits per heavy atom. The molecule has 0 spiro atoms. The van der Waals surface area contributed by atoms with Gasteiger partial charge >= 0.3 is 0 Å². The molecule has 70 valence electrons. The van der Waals surface area contributed by atoms with E-state index in [1.807, 2.05) is 31.2 Å². The highest BCUT2D eigenvalue weighted by atomic mass is 16.2. The van der Waals surface area contributed by atoms with Gasteiger partial charge in [-0.3, -0.25) is 4.79 Å². The molecule has 2 heteroatoms. The molecule has 1 amide bonds. The predicted molar refractivity (Wildman–Crippen MR) is 55.8 cm³/mol. The zero-order valence-electron chi connectivity index (χ0n) is 8.24. The molecule has 0 bridgehead atoms. The summed E-state index contributed by atoms with van der Waals surface area (Å²) in [5, 5.41) is 0. The molecule has 1 atom stereocenters. The van der Waals surface area contributed by atoms with E-state index in [0.29, 0.717) is 0 Å². The summed E-state index contributed by atoms with van der Waals surface area (Å²) in [4.78, 5) is 13.3. The van der Waals surface area contributed by atoms with E-state index in [1.165, 1.54) is 0 Å². The minimum atomic E-state index is -0.0629. The second-order valence-electron chi connectivity index (χ2n) is 3.32. The largest absolute Gasteiger partial charge is 0.273 e. The van der Waals surface area contributed by atoms with Crippen molar-refractivity contribution < 1.29 is 4.79 Å². The van der Waals surface area contributed by atoms with Gasteiger partial charge in [-0.1, -0.05) is 24.1 Å². The van der Waals surface area contributed by atoms with Gasteiger partial charge in [0, 0.05) is 6.04 Å². The summed E-state index contributed by atoms with van der Waals surface area (Å²) in [5.74, 6) is 2.76. The lowest BCUT2D eigenvalue weighted by Gasteiger charge is -2.07. The molecular weight excluding hydrogens is 174 g/mol. The number of hydrogen-bond donors (Lipinski definition) is 0. The molecule has 0 N–H and O–H groups in total. The van der Waals surface area contributed by atoms with Crippen LogP contribution in [0.4, 0.5) is 5.69 Å². The van der Waals surface area contributed by atoms with Crippen LogP contribution in [0.1, 0.15) is 25.3 Å². The third kappa shape index (κ3) is 1.10. The second kappa shape index (κ2) is 3.19. The fourth-order valence-corrected chi connectivity index (χ4v) is 1.73. The molecule has 1 unspecified atom stereocenters. The highest BCUT2D eigenvalue weighted by Gasteiger charge is 2.32. The lowest BCUT2D eigenvalue weighted by atomic mass is 10.0. The number of rotatable bonds is 0. The third-order valence-electron chi connectivity index (χ3n) is 2.46. The average Bonchev–Trinajstić information content (AvgIpc) is 2.45. The van der Waals surface area contributed by atoms with E-state index in [4.69, 9.17) is 0 Å². The van der Waals surface area contributed by atoms with Gasteiger partial charge in [0.05, 0.1) is 11.6 Å². The van der Waals surface area contributed by atoms with Crippen LogP contribution in [0.3, 0.4) is 0 Å². The number of para-hydroxylation sites is 1. The molecule has 0 saturated carbocycles. The van der Waals surface area contributed by atoms with Gasteiger partial charge in [0.25, 0.3) is 0 Å². The van der Waals surface area contributed by atoms with Crippen LogP contribution in [0.25, 0.3) is 0 Å². The molecule has 14 heavy (non-hydrogen) atoms. The zero-order chi connectivity index (χ0) is 10.1. The lowest BCUT2D eigenvalue weighted by Crippen LogP contribution is -2.22. The van der Waals surface area contributed by atoms with Crippen molar-refractivity contribution in [1.29, 1.82) is 0 Å². The number of amides is 1. The molecule has 2 nitrogen and oxygen atoms in total. The van der Waals surface area contributed by atoms with E-state index < -0.39 is 0 Å². The maximum atomic E-state index is 11.8. The van der Waals surface area contributed by atoms with Crippen LogP contribution < -0.4 is 4.90 Å². The van der Waals surface area contributed by atoms with E-state index >= 15 is 0 Å². The monoisotopic (exact) mass is 185 g/mol. The van der Waals surface area contributed by atoms with Gasteiger partial charge < -0.3 is 0 Å². The van der Waals surface area contributed by atoms with Crippen LogP contribution in [0.5, 0.6) is 0 Å². The van der Waals surface area contributed by atoms with Crippen molar-refractivity contribution >= 4 is 11.6 Å². The summed E-state index contributed by atoms with van der Waals surface area (Å²) < 4.78 is 0. The van der Waals surface area contributed by atoms with Crippen molar-refractivity contribution in [2.45, 2.75) is 19.8 Å². The minimum absolute atomic E-state index is 0.0629. The van der Waals surface area contributed by atoms with E-state index in [-0.39, 0.29) is 11.8 Å². The Morgan fingerprint density at radius 3 is 2.79 bits per heavy atom. The number of nitrogens with zero attached hydrogens (tertiary/aromatic N) is 1. The number of carbonyl (C=O) groups excluding carboxylic acids is 1. The maximum absolute atomic E-state index is 11.8. The van der Waals surface area contributed by atoms with Crippen molar-refractivity contribution in [1.82, 2.24) is 0 Å². The first-order valence-electron chi connectivity index (χ1n) is 4.61. The first-order valence-corrected chi connectivity index (χ1v) is 4.61. The van der Waals surface area contributed by atoms with Crippen molar-refractivity contribution in [3.63, 3.8) is 0 Å². The van der Waals surface area contributed by atoms with Crippen molar-refractivity contribution in [2.75, 3.05) is 4.90 Å². The lowest BCUT2D eigenvalue weighted by molar-refractivity contribution is -0.118. The van der Waals surface area contributed by atoms with Gasteiger partial charge in [-0.05, 0) is 25.5 Å². The number of benzene rings is 1. The minimum Gasteiger partial charge on any atom is -0.273 e. The quantitative estimate of drug-likeness (QED) is 0.567. The van der Waals surface area contributed by atoms with Gasteiger partial charge in [-0.25, -0.2) is 4.90 Å². The first-order chi connectivity index (χ1) is 6.75. The predicted octanol–water partition coefficient (Wildman–Crippen LogP) is 2.12. The van der Waals surface area contributed by atoms with E-state index in [9.17, 15) is 4.79 Å². The van der Waals surface area contributed by atoms with Gasteiger partial charge in [0.1, 0.15) is 0 Å². The molecule has 1 heterocycles. The Hall–Kier alpha value is -1.75. The van der Waals surface area contributed by atoms with Crippen LogP contribution in [0.2, 0.25) is 0 Å². The maximum Gasteiger partial charge on any atom is 0.246 e.